The summed E-state index contributed by atoms with van der Waals surface area (Å²) in [4.78, 5) is 0. The van der Waals surface area contributed by atoms with E-state index in [1.807, 2.05) is 20.8 Å². The Kier molecular flexibility index (Phi) is 1.38. The zero-order chi connectivity index (χ0) is 8.48. The average molecular weight is 137 g/mol. The normalized spacial score (nSPS) is 12.9. The molecule has 0 aliphatic heterocycles. The van der Waals surface area contributed by atoms with E-state index in [0.717, 1.165) is 5.69 Å². The van der Waals surface area contributed by atoms with Gasteiger partial charge in [-0.3, -0.25) is 0 Å². The van der Waals surface area contributed by atoms with E-state index < -0.39 is 0 Å². The van der Waals surface area contributed by atoms with E-state index in [0.29, 0.717) is 6.04 Å². The molecule has 0 N–H and O–H groups in total. The van der Waals surface area contributed by atoms with E-state index in [9.17, 15) is 0 Å². The molecule has 0 bridgehead atoms. The van der Waals surface area contributed by atoms with Crippen molar-refractivity contribution in [1.29, 1.82) is 0 Å². The first-order valence-electron chi connectivity index (χ1n) is 3.80. The minimum atomic E-state index is -0.0780. The molecule has 2 heteroatoms. The van der Waals surface area contributed by atoms with Crippen molar-refractivity contribution in [2.75, 3.05) is 0 Å². The minimum absolute atomic E-state index is 0.0780. The van der Waals surface area contributed by atoms with E-state index in [1.54, 1.807) is 6.07 Å². The molecule has 2 nitrogen and oxygen atoms in total. The van der Waals surface area contributed by atoms with Gasteiger partial charge in [-0.2, -0.15) is 10.2 Å². The Morgan fingerprint density at radius 3 is 2.60 bits per heavy atom. The van der Waals surface area contributed by atoms with Crippen molar-refractivity contribution >= 4 is 0 Å². The second-order valence-corrected chi connectivity index (χ2v) is 3.27. The fourth-order valence-corrected chi connectivity index (χ4v) is 0.636. The SMILES string of the molecule is [2H]c1ccnnc1C(C)(C)C. The fraction of sp³-hybridized carbons (Fsp3) is 0.500. The van der Waals surface area contributed by atoms with E-state index >= 15 is 0 Å². The van der Waals surface area contributed by atoms with E-state index in [4.69, 9.17) is 1.37 Å². The first kappa shape index (κ1) is 5.83. The Morgan fingerprint density at radius 2 is 2.20 bits per heavy atom. The van der Waals surface area contributed by atoms with Crippen LogP contribution in [-0.2, 0) is 5.41 Å². The molecule has 0 unspecified atom stereocenters. The Hall–Kier alpha value is -0.920. The molecular weight excluding hydrogens is 124 g/mol. The molecule has 0 aromatic carbocycles. The summed E-state index contributed by atoms with van der Waals surface area (Å²) in [5, 5.41) is 7.65. The molecular formula is C8H12N2. The van der Waals surface area contributed by atoms with Crippen LogP contribution in [0, 0.1) is 0 Å². The van der Waals surface area contributed by atoms with Crippen molar-refractivity contribution in [3.63, 3.8) is 0 Å². The predicted molar refractivity (Wildman–Crippen MR) is 40.7 cm³/mol. The van der Waals surface area contributed by atoms with Crippen LogP contribution in [-0.4, -0.2) is 10.2 Å². The molecule has 1 aromatic heterocycles. The van der Waals surface area contributed by atoms with Crippen LogP contribution in [0.15, 0.2) is 18.3 Å². The zero-order valence-corrected chi connectivity index (χ0v) is 6.55. The van der Waals surface area contributed by atoms with Gasteiger partial charge < -0.3 is 0 Å². The Labute approximate surface area is 62.7 Å². The van der Waals surface area contributed by atoms with E-state index in [-0.39, 0.29) is 5.41 Å². The van der Waals surface area contributed by atoms with Gasteiger partial charge in [0.25, 0.3) is 0 Å². The van der Waals surface area contributed by atoms with Gasteiger partial charge in [-0.25, -0.2) is 0 Å². The average Bonchev–Trinajstić information content (AvgIpc) is 1.86. The predicted octanol–water partition coefficient (Wildman–Crippen LogP) is 1.77. The molecule has 0 fully saturated rings. The summed E-state index contributed by atoms with van der Waals surface area (Å²) in [5.74, 6) is 0. The Bertz CT molecular complexity index is 253. The maximum atomic E-state index is 7.52. The van der Waals surface area contributed by atoms with Gasteiger partial charge >= 0.3 is 0 Å². The summed E-state index contributed by atoms with van der Waals surface area (Å²) in [6, 6.07) is 2.13. The van der Waals surface area contributed by atoms with Crippen LogP contribution < -0.4 is 0 Å². The van der Waals surface area contributed by atoms with Crippen molar-refractivity contribution < 1.29 is 1.37 Å². The highest BCUT2D eigenvalue weighted by molar-refractivity contribution is 5.09. The second kappa shape index (κ2) is 2.37. The van der Waals surface area contributed by atoms with Gasteiger partial charge in [0.1, 0.15) is 0 Å². The molecule has 0 amide bonds. The topological polar surface area (TPSA) is 25.8 Å². The number of aromatic nitrogens is 2. The van der Waals surface area contributed by atoms with Crippen LogP contribution in [0.3, 0.4) is 0 Å². The smallest absolute Gasteiger partial charge is 0.0684 e. The van der Waals surface area contributed by atoms with Gasteiger partial charge in [-0.05, 0) is 12.1 Å². The first-order chi connectivity index (χ1) is 5.02. The van der Waals surface area contributed by atoms with Gasteiger partial charge in [-0.15, -0.1) is 0 Å². The third-order valence-electron chi connectivity index (χ3n) is 1.23. The lowest BCUT2D eigenvalue weighted by Crippen LogP contribution is -2.13. The minimum Gasteiger partial charge on any atom is -0.159 e. The summed E-state index contributed by atoms with van der Waals surface area (Å²) >= 11 is 0. The van der Waals surface area contributed by atoms with Crippen molar-refractivity contribution in [3.05, 3.63) is 24.0 Å². The van der Waals surface area contributed by atoms with Crippen LogP contribution in [0.2, 0.25) is 0 Å². The summed E-state index contributed by atoms with van der Waals surface area (Å²) < 4.78 is 7.52. The molecule has 54 valence electrons. The fourth-order valence-electron chi connectivity index (χ4n) is 0.636. The van der Waals surface area contributed by atoms with Crippen LogP contribution in [0.4, 0.5) is 0 Å². The Balaban J connectivity index is 3.14. The lowest BCUT2D eigenvalue weighted by molar-refractivity contribution is 0.558. The number of hydrogen-bond acceptors (Lipinski definition) is 2. The molecule has 0 aliphatic carbocycles. The zero-order valence-electron chi connectivity index (χ0n) is 7.55. The van der Waals surface area contributed by atoms with E-state index in [1.165, 1.54) is 6.20 Å². The molecule has 0 atom stereocenters. The van der Waals surface area contributed by atoms with Crippen LogP contribution in [0.1, 0.15) is 27.8 Å². The van der Waals surface area contributed by atoms with E-state index in [2.05, 4.69) is 10.2 Å². The molecule has 0 aliphatic rings. The van der Waals surface area contributed by atoms with Crippen LogP contribution in [0.5, 0.6) is 0 Å². The highest BCUT2D eigenvalue weighted by atomic mass is 15.1. The third-order valence-corrected chi connectivity index (χ3v) is 1.23. The van der Waals surface area contributed by atoms with Gasteiger partial charge in [-0.1, -0.05) is 20.8 Å². The number of nitrogens with zero attached hydrogens (tertiary/aromatic N) is 2. The largest absolute Gasteiger partial charge is 0.159 e. The summed E-state index contributed by atoms with van der Waals surface area (Å²) in [6.07, 6.45) is 1.54. The monoisotopic (exact) mass is 137 g/mol. The van der Waals surface area contributed by atoms with Crippen LogP contribution >= 0.6 is 0 Å². The van der Waals surface area contributed by atoms with Crippen molar-refractivity contribution in [1.82, 2.24) is 10.2 Å². The standard InChI is InChI=1S/C8H12N2/c1-8(2,3)7-5-4-6-9-10-7/h4-6H,1-3H3/i5D. The summed E-state index contributed by atoms with van der Waals surface area (Å²) in [6.45, 7) is 6.07. The number of hydrogen-bond donors (Lipinski definition) is 0. The molecule has 1 rings (SSSR count). The van der Waals surface area contributed by atoms with Gasteiger partial charge in [0.2, 0.25) is 0 Å². The molecule has 10 heavy (non-hydrogen) atoms. The molecule has 0 spiro atoms. The van der Waals surface area contributed by atoms with Gasteiger partial charge in [0, 0.05) is 11.6 Å². The highest BCUT2D eigenvalue weighted by Gasteiger charge is 2.14. The molecule has 0 saturated carbocycles. The van der Waals surface area contributed by atoms with Crippen molar-refractivity contribution in [2.45, 2.75) is 26.2 Å². The highest BCUT2D eigenvalue weighted by Crippen LogP contribution is 2.17. The quantitative estimate of drug-likeness (QED) is 0.544. The van der Waals surface area contributed by atoms with Crippen molar-refractivity contribution in [2.24, 2.45) is 0 Å². The maximum absolute atomic E-state index is 7.52. The first-order valence-corrected chi connectivity index (χ1v) is 3.30. The summed E-state index contributed by atoms with van der Waals surface area (Å²) in [7, 11) is 0. The van der Waals surface area contributed by atoms with Gasteiger partial charge in [0.05, 0.1) is 7.06 Å². The second-order valence-electron chi connectivity index (χ2n) is 3.27. The number of rotatable bonds is 0. The van der Waals surface area contributed by atoms with Crippen molar-refractivity contribution in [3.8, 4) is 0 Å². The Morgan fingerprint density at radius 1 is 1.50 bits per heavy atom. The third kappa shape index (κ3) is 1.53. The lowest BCUT2D eigenvalue weighted by Gasteiger charge is -2.15. The molecule has 0 saturated heterocycles. The van der Waals surface area contributed by atoms with Gasteiger partial charge in [0.15, 0.2) is 0 Å². The molecule has 1 heterocycles. The lowest BCUT2D eigenvalue weighted by atomic mass is 9.92. The molecule has 0 radical (unpaired) electrons. The molecule has 1 aromatic rings. The maximum Gasteiger partial charge on any atom is 0.0684 e. The van der Waals surface area contributed by atoms with Crippen LogP contribution in [0.25, 0.3) is 0 Å². The summed E-state index contributed by atoms with van der Waals surface area (Å²) in [5.41, 5.74) is 0.672.